The van der Waals surface area contributed by atoms with Crippen LogP contribution in [0.5, 0.6) is 0 Å². The summed E-state index contributed by atoms with van der Waals surface area (Å²) >= 11 is 1.93. The zero-order valence-electron chi connectivity index (χ0n) is 10.4. The minimum absolute atomic E-state index is 0.166. The van der Waals surface area contributed by atoms with E-state index in [1.165, 1.54) is 0 Å². The van der Waals surface area contributed by atoms with Crippen LogP contribution in [0.25, 0.3) is 0 Å². The van der Waals surface area contributed by atoms with E-state index in [1.807, 2.05) is 11.8 Å². The van der Waals surface area contributed by atoms with Crippen LogP contribution in [0.1, 0.15) is 25.7 Å². The second-order valence-corrected chi connectivity index (χ2v) is 5.96. The van der Waals surface area contributed by atoms with E-state index in [2.05, 4.69) is 10.6 Å². The molecule has 2 fully saturated rings. The molecule has 2 N–H and O–H groups in total. The van der Waals surface area contributed by atoms with Crippen LogP contribution >= 0.6 is 11.8 Å². The first kappa shape index (κ1) is 13.2. The molecule has 2 rings (SSSR count). The minimum atomic E-state index is 0.166. The molecule has 17 heavy (non-hydrogen) atoms. The van der Waals surface area contributed by atoms with Crippen molar-refractivity contribution >= 4 is 17.7 Å². The quantitative estimate of drug-likeness (QED) is 0.782. The molecule has 0 radical (unpaired) electrons. The van der Waals surface area contributed by atoms with Crippen molar-refractivity contribution in [3.05, 3.63) is 0 Å². The monoisotopic (exact) mass is 258 g/mol. The van der Waals surface area contributed by atoms with Crippen molar-refractivity contribution in [3.63, 3.8) is 0 Å². The van der Waals surface area contributed by atoms with E-state index >= 15 is 0 Å². The van der Waals surface area contributed by atoms with E-state index in [0.29, 0.717) is 12.5 Å². The molecule has 1 aliphatic heterocycles. The van der Waals surface area contributed by atoms with Crippen molar-refractivity contribution < 1.29 is 9.53 Å². The maximum absolute atomic E-state index is 11.9. The molecule has 0 aromatic rings. The van der Waals surface area contributed by atoms with Crippen molar-refractivity contribution in [2.45, 2.75) is 43.9 Å². The first-order valence-corrected chi connectivity index (χ1v) is 7.58. The van der Waals surface area contributed by atoms with Crippen LogP contribution in [-0.2, 0) is 9.53 Å². The van der Waals surface area contributed by atoms with Crippen molar-refractivity contribution in [1.82, 2.24) is 10.6 Å². The Morgan fingerprint density at radius 3 is 3.12 bits per heavy atom. The normalized spacial score (nSPS) is 33.6. The molecule has 1 saturated carbocycles. The second-order valence-electron chi connectivity index (χ2n) is 4.81. The molecule has 4 nitrogen and oxygen atoms in total. The third-order valence-electron chi connectivity index (χ3n) is 3.53. The first-order valence-electron chi connectivity index (χ1n) is 6.43. The van der Waals surface area contributed by atoms with Gasteiger partial charge < -0.3 is 15.4 Å². The molecule has 0 spiro atoms. The average Bonchev–Trinajstić information content (AvgIpc) is 2.77. The van der Waals surface area contributed by atoms with E-state index in [4.69, 9.17) is 4.74 Å². The van der Waals surface area contributed by atoms with Gasteiger partial charge in [0.05, 0.1) is 12.1 Å². The molecule has 1 aliphatic carbocycles. The van der Waals surface area contributed by atoms with Crippen LogP contribution in [0, 0.1) is 0 Å². The molecule has 98 valence electrons. The maximum atomic E-state index is 11.9. The lowest BCUT2D eigenvalue weighted by Crippen LogP contribution is -2.45. The number of rotatable bonds is 4. The summed E-state index contributed by atoms with van der Waals surface area (Å²) in [6.45, 7) is 1.02. The number of nitrogens with one attached hydrogen (secondary N) is 2. The van der Waals surface area contributed by atoms with Gasteiger partial charge in [-0.1, -0.05) is 0 Å². The van der Waals surface area contributed by atoms with Gasteiger partial charge in [0.1, 0.15) is 0 Å². The maximum Gasteiger partial charge on any atom is 0.221 e. The molecule has 0 bridgehead atoms. The Kier molecular flexibility index (Phi) is 5.13. The van der Waals surface area contributed by atoms with Crippen LogP contribution in [0.3, 0.4) is 0 Å². The molecule has 0 aromatic carbocycles. The summed E-state index contributed by atoms with van der Waals surface area (Å²) in [4.78, 5) is 11.9. The largest absolute Gasteiger partial charge is 0.379 e. The highest BCUT2D eigenvalue weighted by atomic mass is 32.2. The Labute approximate surface area is 107 Å². The summed E-state index contributed by atoms with van der Waals surface area (Å²) in [5.41, 5.74) is 0. The molecule has 3 unspecified atom stereocenters. The molecule has 1 heterocycles. The van der Waals surface area contributed by atoms with Crippen LogP contribution < -0.4 is 10.6 Å². The number of carbonyl (C=O) groups is 1. The molecule has 3 atom stereocenters. The number of thioether (sulfide) groups is 1. The number of carbonyl (C=O) groups excluding carboxylic acids is 1. The van der Waals surface area contributed by atoms with Gasteiger partial charge in [-0.25, -0.2) is 0 Å². The fourth-order valence-corrected chi connectivity index (χ4v) is 3.56. The van der Waals surface area contributed by atoms with E-state index in [1.54, 1.807) is 7.11 Å². The number of amides is 1. The number of methoxy groups -OCH3 is 1. The molecule has 2 aliphatic rings. The van der Waals surface area contributed by atoms with Crippen LogP contribution in [0.15, 0.2) is 0 Å². The molecule has 1 amide bonds. The minimum Gasteiger partial charge on any atom is -0.379 e. The highest BCUT2D eigenvalue weighted by Gasteiger charge is 2.29. The molecule has 1 saturated heterocycles. The van der Waals surface area contributed by atoms with Gasteiger partial charge in [0.15, 0.2) is 0 Å². The van der Waals surface area contributed by atoms with Crippen LogP contribution in [0.2, 0.25) is 0 Å². The molecule has 5 heteroatoms. The third-order valence-corrected chi connectivity index (χ3v) is 4.66. The summed E-state index contributed by atoms with van der Waals surface area (Å²) in [5, 5.41) is 6.50. The van der Waals surface area contributed by atoms with E-state index in [9.17, 15) is 4.79 Å². The highest BCUT2D eigenvalue weighted by molar-refractivity contribution is 7.99. The van der Waals surface area contributed by atoms with Gasteiger partial charge in [-0.05, 0) is 19.3 Å². The van der Waals surface area contributed by atoms with E-state index in [0.717, 1.165) is 37.3 Å². The first-order chi connectivity index (χ1) is 8.29. The summed E-state index contributed by atoms with van der Waals surface area (Å²) in [5.74, 6) is 2.37. The van der Waals surface area contributed by atoms with Crippen LogP contribution in [0.4, 0.5) is 0 Å². The van der Waals surface area contributed by atoms with Gasteiger partial charge in [0, 0.05) is 37.6 Å². The predicted octanol–water partition coefficient (Wildman–Crippen LogP) is 0.765. The lowest BCUT2D eigenvalue weighted by molar-refractivity contribution is -0.123. The number of ether oxygens (including phenoxy) is 1. The number of hydrogen-bond acceptors (Lipinski definition) is 4. The van der Waals surface area contributed by atoms with Crippen LogP contribution in [-0.4, -0.2) is 49.3 Å². The Morgan fingerprint density at radius 1 is 1.53 bits per heavy atom. The Hall–Kier alpha value is -0.260. The van der Waals surface area contributed by atoms with Crippen molar-refractivity contribution in [1.29, 1.82) is 0 Å². The molecule has 0 aromatic heterocycles. The van der Waals surface area contributed by atoms with Gasteiger partial charge in [-0.15, -0.1) is 0 Å². The Balaban J connectivity index is 1.72. The highest BCUT2D eigenvalue weighted by Crippen LogP contribution is 2.21. The topological polar surface area (TPSA) is 50.4 Å². The summed E-state index contributed by atoms with van der Waals surface area (Å²) in [7, 11) is 1.73. The smallest absolute Gasteiger partial charge is 0.221 e. The summed E-state index contributed by atoms with van der Waals surface area (Å²) in [6.07, 6.45) is 4.09. The van der Waals surface area contributed by atoms with E-state index < -0.39 is 0 Å². The molecular formula is C12H22N2O2S. The van der Waals surface area contributed by atoms with Gasteiger partial charge in [0.25, 0.3) is 0 Å². The summed E-state index contributed by atoms with van der Waals surface area (Å²) in [6, 6.07) is 0.569. The Bertz CT molecular complexity index is 257. The summed E-state index contributed by atoms with van der Waals surface area (Å²) < 4.78 is 5.38. The lowest BCUT2D eigenvalue weighted by atomic mass is 10.1. The number of hydrogen-bond donors (Lipinski definition) is 2. The second kappa shape index (κ2) is 6.61. The third kappa shape index (κ3) is 3.86. The van der Waals surface area contributed by atoms with Gasteiger partial charge in [-0.2, -0.15) is 11.8 Å². The van der Waals surface area contributed by atoms with Gasteiger partial charge in [0.2, 0.25) is 5.91 Å². The lowest BCUT2D eigenvalue weighted by Gasteiger charge is -2.24. The van der Waals surface area contributed by atoms with Crippen molar-refractivity contribution in [3.8, 4) is 0 Å². The van der Waals surface area contributed by atoms with Gasteiger partial charge in [-0.3, -0.25) is 4.79 Å². The predicted molar refractivity (Wildman–Crippen MR) is 70.3 cm³/mol. The fraction of sp³-hybridized carbons (Fsp3) is 0.917. The average molecular weight is 258 g/mol. The van der Waals surface area contributed by atoms with Crippen molar-refractivity contribution in [2.24, 2.45) is 0 Å². The standard InChI is InChI=1S/C12H22N2O2S/c1-16-11-4-2-3-10(11)14-12(15)7-9-8-17-6-5-13-9/h9-11,13H,2-8H2,1H3,(H,14,15). The SMILES string of the molecule is COC1CCCC1NC(=O)CC1CSCCN1. The fourth-order valence-electron chi connectivity index (χ4n) is 2.61. The zero-order valence-corrected chi connectivity index (χ0v) is 11.2. The van der Waals surface area contributed by atoms with E-state index in [-0.39, 0.29) is 18.1 Å². The van der Waals surface area contributed by atoms with Gasteiger partial charge >= 0.3 is 0 Å². The molecular weight excluding hydrogens is 236 g/mol. The van der Waals surface area contributed by atoms with Crippen molar-refractivity contribution in [2.75, 3.05) is 25.2 Å². The Morgan fingerprint density at radius 2 is 2.41 bits per heavy atom. The zero-order chi connectivity index (χ0) is 12.1.